The summed E-state index contributed by atoms with van der Waals surface area (Å²) in [4.78, 5) is 5.07. The molecule has 0 fully saturated rings. The number of nitrogens with two attached hydrogens (primary N) is 1. The van der Waals surface area contributed by atoms with Crippen molar-refractivity contribution in [3.63, 3.8) is 0 Å². The molecule has 0 aliphatic heterocycles. The van der Waals surface area contributed by atoms with E-state index in [1.54, 1.807) is 22.7 Å². The van der Waals surface area contributed by atoms with Gasteiger partial charge in [-0.05, 0) is 53.0 Å². The third-order valence-electron chi connectivity index (χ3n) is 3.22. The van der Waals surface area contributed by atoms with E-state index in [4.69, 9.17) is 5.73 Å². The van der Waals surface area contributed by atoms with E-state index in [0.717, 1.165) is 13.0 Å². The summed E-state index contributed by atoms with van der Waals surface area (Å²) in [6, 6.07) is 9.01. The van der Waals surface area contributed by atoms with Crippen LogP contribution < -0.4 is 5.73 Å². The van der Waals surface area contributed by atoms with Crippen molar-refractivity contribution in [3.05, 3.63) is 43.2 Å². The maximum Gasteiger partial charge on any atom is 0.0702 e. The predicted octanol–water partition coefficient (Wildman–Crippen LogP) is 4.48. The average Bonchev–Trinajstić information content (AvgIpc) is 3.01. The lowest BCUT2D eigenvalue weighted by molar-refractivity contribution is 0.206. The van der Waals surface area contributed by atoms with Crippen LogP contribution in [0.2, 0.25) is 0 Å². The first-order valence-corrected chi connectivity index (χ1v) is 8.84. The molecule has 0 aromatic carbocycles. The van der Waals surface area contributed by atoms with Gasteiger partial charge in [0.15, 0.2) is 0 Å². The molecule has 2 aromatic rings. The molecule has 0 saturated heterocycles. The van der Waals surface area contributed by atoms with E-state index in [9.17, 15) is 0 Å². The maximum absolute atomic E-state index is 6.34. The molecule has 0 aliphatic carbocycles. The molecule has 2 nitrogen and oxygen atoms in total. The fourth-order valence-corrected chi connectivity index (χ4v) is 4.65. The zero-order valence-corrected chi connectivity index (χ0v) is 14.4. The van der Waals surface area contributed by atoms with Crippen LogP contribution in [-0.4, -0.2) is 18.0 Å². The van der Waals surface area contributed by atoms with Gasteiger partial charge in [0, 0.05) is 22.3 Å². The van der Waals surface area contributed by atoms with E-state index in [-0.39, 0.29) is 12.1 Å². The van der Waals surface area contributed by atoms with E-state index in [1.165, 1.54) is 13.5 Å². The Labute approximate surface area is 131 Å². The summed E-state index contributed by atoms with van der Waals surface area (Å²) in [6.07, 6.45) is 0.981. The SMILES string of the molecule is CCC(N)C(c1ccc(Br)s1)N(C)Cc1cccs1. The molecule has 2 unspecified atom stereocenters. The van der Waals surface area contributed by atoms with Crippen molar-refractivity contribution in [1.82, 2.24) is 4.90 Å². The van der Waals surface area contributed by atoms with E-state index < -0.39 is 0 Å². The smallest absolute Gasteiger partial charge is 0.0702 e. The van der Waals surface area contributed by atoms with Crippen LogP contribution >= 0.6 is 38.6 Å². The molecule has 2 rings (SSSR count). The zero-order valence-electron chi connectivity index (χ0n) is 11.2. The van der Waals surface area contributed by atoms with E-state index in [1.807, 2.05) is 0 Å². The minimum Gasteiger partial charge on any atom is -0.326 e. The van der Waals surface area contributed by atoms with Gasteiger partial charge in [-0.15, -0.1) is 22.7 Å². The van der Waals surface area contributed by atoms with E-state index in [0.29, 0.717) is 0 Å². The third kappa shape index (κ3) is 3.89. The number of thiophene rings is 2. The summed E-state index contributed by atoms with van der Waals surface area (Å²) in [7, 11) is 2.16. The van der Waals surface area contributed by atoms with Gasteiger partial charge in [-0.1, -0.05) is 13.0 Å². The predicted molar refractivity (Wildman–Crippen MR) is 88.8 cm³/mol. The largest absolute Gasteiger partial charge is 0.326 e. The lowest BCUT2D eigenvalue weighted by Gasteiger charge is -2.31. The van der Waals surface area contributed by atoms with Gasteiger partial charge >= 0.3 is 0 Å². The van der Waals surface area contributed by atoms with Gasteiger partial charge in [-0.2, -0.15) is 0 Å². The highest BCUT2D eigenvalue weighted by molar-refractivity contribution is 9.11. The molecular formula is C14H19BrN2S2. The van der Waals surface area contributed by atoms with Gasteiger partial charge < -0.3 is 5.73 Å². The third-order valence-corrected chi connectivity index (χ3v) is 5.78. The molecule has 0 radical (unpaired) electrons. The van der Waals surface area contributed by atoms with Crippen molar-refractivity contribution >= 4 is 38.6 Å². The Hall–Kier alpha value is -0.200. The second-order valence-corrected chi connectivity index (χ2v) is 8.18. The molecule has 2 aromatic heterocycles. The van der Waals surface area contributed by atoms with E-state index >= 15 is 0 Å². The summed E-state index contributed by atoms with van der Waals surface area (Å²) in [6.45, 7) is 3.10. The minimum absolute atomic E-state index is 0.163. The molecule has 2 atom stereocenters. The first-order chi connectivity index (χ1) is 9.11. The van der Waals surface area contributed by atoms with Crippen molar-refractivity contribution in [2.75, 3.05) is 7.05 Å². The highest BCUT2D eigenvalue weighted by Gasteiger charge is 2.24. The van der Waals surface area contributed by atoms with Crippen LogP contribution in [0.15, 0.2) is 33.4 Å². The number of hydrogen-bond donors (Lipinski definition) is 1. The van der Waals surface area contributed by atoms with Gasteiger partial charge in [-0.25, -0.2) is 0 Å². The van der Waals surface area contributed by atoms with Gasteiger partial charge in [0.1, 0.15) is 0 Å². The zero-order chi connectivity index (χ0) is 13.8. The molecule has 5 heteroatoms. The Morgan fingerprint density at radius 2 is 2.16 bits per heavy atom. The Kier molecular flexibility index (Phi) is 5.59. The number of likely N-dealkylation sites (N-methyl/N-ethyl adjacent to an activating group) is 1. The van der Waals surface area contributed by atoms with Crippen molar-refractivity contribution in [1.29, 1.82) is 0 Å². The molecular weight excluding hydrogens is 340 g/mol. The Morgan fingerprint density at radius 3 is 2.68 bits per heavy atom. The Balaban J connectivity index is 2.17. The van der Waals surface area contributed by atoms with Crippen molar-refractivity contribution in [2.24, 2.45) is 5.73 Å². The summed E-state index contributed by atoms with van der Waals surface area (Å²) in [5, 5.41) is 2.12. The fourth-order valence-electron chi connectivity index (χ4n) is 2.21. The maximum atomic E-state index is 6.34. The van der Waals surface area contributed by atoms with Gasteiger partial charge in [-0.3, -0.25) is 4.90 Å². The van der Waals surface area contributed by atoms with Crippen LogP contribution in [0.4, 0.5) is 0 Å². The first kappa shape index (κ1) is 15.2. The van der Waals surface area contributed by atoms with Crippen molar-refractivity contribution in [3.8, 4) is 0 Å². The highest BCUT2D eigenvalue weighted by atomic mass is 79.9. The first-order valence-electron chi connectivity index (χ1n) is 6.35. The number of nitrogens with zero attached hydrogens (tertiary/aromatic N) is 1. The van der Waals surface area contributed by atoms with Gasteiger partial charge in [0.25, 0.3) is 0 Å². The van der Waals surface area contributed by atoms with Gasteiger partial charge in [0.05, 0.1) is 9.83 Å². The Morgan fingerprint density at radius 1 is 1.37 bits per heavy atom. The van der Waals surface area contributed by atoms with Crippen LogP contribution in [0.5, 0.6) is 0 Å². The lowest BCUT2D eigenvalue weighted by Crippen LogP contribution is -2.37. The molecule has 0 spiro atoms. The standard InChI is InChI=1S/C14H19BrN2S2/c1-3-11(16)14(12-6-7-13(15)19-12)17(2)9-10-5-4-8-18-10/h4-8,11,14H,3,9,16H2,1-2H3. The molecule has 0 aliphatic rings. The van der Waals surface area contributed by atoms with Crippen LogP contribution in [0.1, 0.15) is 29.1 Å². The number of hydrogen-bond acceptors (Lipinski definition) is 4. The Bertz CT molecular complexity index is 495. The highest BCUT2D eigenvalue weighted by Crippen LogP contribution is 2.33. The van der Waals surface area contributed by atoms with Crippen molar-refractivity contribution < 1.29 is 0 Å². The normalized spacial score (nSPS) is 14.8. The van der Waals surface area contributed by atoms with Gasteiger partial charge in [0.2, 0.25) is 0 Å². The second kappa shape index (κ2) is 6.99. The fraction of sp³-hybridized carbons (Fsp3) is 0.429. The molecule has 0 amide bonds. The molecule has 0 bridgehead atoms. The summed E-state index contributed by atoms with van der Waals surface area (Å²) in [5.41, 5.74) is 6.34. The molecule has 2 heterocycles. The van der Waals surface area contributed by atoms with Crippen molar-refractivity contribution in [2.45, 2.75) is 32.0 Å². The molecule has 2 N–H and O–H groups in total. The van der Waals surface area contributed by atoms with Crippen LogP contribution in [-0.2, 0) is 6.54 Å². The number of halogens is 1. The summed E-state index contributed by atoms with van der Waals surface area (Å²) in [5.74, 6) is 0. The topological polar surface area (TPSA) is 29.3 Å². The quantitative estimate of drug-likeness (QED) is 0.824. The lowest BCUT2D eigenvalue weighted by atomic mass is 10.0. The van der Waals surface area contributed by atoms with E-state index in [2.05, 4.69) is 64.4 Å². The van der Waals surface area contributed by atoms with Crippen LogP contribution in [0.25, 0.3) is 0 Å². The molecule has 19 heavy (non-hydrogen) atoms. The molecule has 0 saturated carbocycles. The molecule has 104 valence electrons. The monoisotopic (exact) mass is 358 g/mol. The second-order valence-electron chi connectivity index (χ2n) is 4.65. The van der Waals surface area contributed by atoms with Crippen LogP contribution in [0.3, 0.4) is 0 Å². The van der Waals surface area contributed by atoms with Crippen LogP contribution in [0, 0.1) is 0 Å². The minimum atomic E-state index is 0.163. The summed E-state index contributed by atoms with van der Waals surface area (Å²) < 4.78 is 1.17. The summed E-state index contributed by atoms with van der Waals surface area (Å²) >= 11 is 7.12. The average molecular weight is 359 g/mol. The number of rotatable bonds is 6.